The van der Waals surface area contributed by atoms with Crippen LogP contribution in [0.1, 0.15) is 29.4 Å². The first kappa shape index (κ1) is 24.1. The monoisotopic (exact) mass is 489 g/mol. The molecule has 0 bridgehead atoms. The van der Waals surface area contributed by atoms with Gasteiger partial charge in [-0.25, -0.2) is 4.98 Å². The first-order valence-electron chi connectivity index (χ1n) is 10.2. The van der Waals surface area contributed by atoms with Gasteiger partial charge in [-0.2, -0.15) is 26.3 Å². The molecular formula is C25H17F6N3O. The van der Waals surface area contributed by atoms with E-state index in [0.717, 1.165) is 18.2 Å². The Labute approximate surface area is 195 Å². The number of aromatic nitrogens is 2. The molecule has 1 heterocycles. The van der Waals surface area contributed by atoms with E-state index in [1.165, 1.54) is 49.4 Å². The number of H-pyrrole nitrogens is 1. The molecule has 0 aliphatic carbocycles. The van der Waals surface area contributed by atoms with Crippen LogP contribution in [0.4, 0.5) is 32.0 Å². The Hall–Kier alpha value is -4.08. The summed E-state index contributed by atoms with van der Waals surface area (Å²) in [6.45, 7) is 1.26. The molecule has 180 valence electrons. The number of nitrogens with zero attached hydrogens (tertiary/aromatic N) is 1. The van der Waals surface area contributed by atoms with Gasteiger partial charge >= 0.3 is 12.4 Å². The van der Waals surface area contributed by atoms with E-state index in [1.807, 2.05) is 0 Å². The number of halogens is 6. The third-order valence-corrected chi connectivity index (χ3v) is 5.14. The Balaban J connectivity index is 1.75. The summed E-state index contributed by atoms with van der Waals surface area (Å²) in [5.74, 6) is -0.206. The second kappa shape index (κ2) is 8.94. The molecule has 4 nitrogen and oxygen atoms in total. The molecule has 1 amide bonds. The number of carbonyl (C=O) groups excluding carboxylic acids is 1. The smallest absolute Gasteiger partial charge is 0.338 e. The predicted molar refractivity (Wildman–Crippen MR) is 121 cm³/mol. The van der Waals surface area contributed by atoms with E-state index in [4.69, 9.17) is 0 Å². The van der Waals surface area contributed by atoms with Crippen molar-refractivity contribution in [1.29, 1.82) is 0 Å². The van der Waals surface area contributed by atoms with Gasteiger partial charge in [0.25, 0.3) is 0 Å². The Kier molecular flexibility index (Phi) is 6.14. The van der Waals surface area contributed by atoms with Crippen molar-refractivity contribution in [2.75, 3.05) is 5.32 Å². The van der Waals surface area contributed by atoms with E-state index in [9.17, 15) is 31.1 Å². The quantitative estimate of drug-likeness (QED) is 0.294. The van der Waals surface area contributed by atoms with Gasteiger partial charge in [0.2, 0.25) is 5.91 Å². The molecule has 4 aromatic rings. The van der Waals surface area contributed by atoms with Crippen LogP contribution in [-0.4, -0.2) is 15.9 Å². The fraction of sp³-hybridized carbons (Fsp3) is 0.120. The second-order valence-electron chi connectivity index (χ2n) is 7.71. The van der Waals surface area contributed by atoms with E-state index in [2.05, 4.69) is 15.3 Å². The number of para-hydroxylation sites is 1. The van der Waals surface area contributed by atoms with Gasteiger partial charge in [0.05, 0.1) is 22.2 Å². The van der Waals surface area contributed by atoms with Gasteiger partial charge in [-0.15, -0.1) is 0 Å². The Morgan fingerprint density at radius 2 is 1.57 bits per heavy atom. The first-order valence-corrected chi connectivity index (χ1v) is 10.2. The molecule has 4 rings (SSSR count). The van der Waals surface area contributed by atoms with Crippen LogP contribution in [0, 0.1) is 0 Å². The Morgan fingerprint density at radius 1 is 0.886 bits per heavy atom. The zero-order chi connectivity index (χ0) is 25.4. The molecular weight excluding hydrogens is 472 g/mol. The van der Waals surface area contributed by atoms with Crippen molar-refractivity contribution in [3.05, 3.63) is 83.2 Å². The summed E-state index contributed by atoms with van der Waals surface area (Å²) < 4.78 is 79.9. The molecule has 1 aromatic heterocycles. The molecule has 0 fully saturated rings. The number of hydrogen-bond donors (Lipinski definition) is 2. The van der Waals surface area contributed by atoms with Crippen LogP contribution in [0.15, 0.2) is 60.7 Å². The third kappa shape index (κ3) is 5.37. The predicted octanol–water partition coefficient (Wildman–Crippen LogP) is 7.40. The molecule has 10 heteroatoms. The fourth-order valence-corrected chi connectivity index (χ4v) is 3.59. The maximum absolute atomic E-state index is 13.9. The summed E-state index contributed by atoms with van der Waals surface area (Å²) in [5.41, 5.74) is -0.610. The maximum Gasteiger partial charge on any atom is 0.417 e. The molecule has 0 spiro atoms. The molecule has 2 N–H and O–H groups in total. The van der Waals surface area contributed by atoms with Gasteiger partial charge in [-0.05, 0) is 47.5 Å². The summed E-state index contributed by atoms with van der Waals surface area (Å²) in [6, 6.07) is 12.8. The van der Waals surface area contributed by atoms with Crippen LogP contribution >= 0.6 is 0 Å². The van der Waals surface area contributed by atoms with Crippen molar-refractivity contribution < 1.29 is 31.1 Å². The van der Waals surface area contributed by atoms with Crippen molar-refractivity contribution in [2.24, 2.45) is 0 Å². The third-order valence-electron chi connectivity index (χ3n) is 5.14. The minimum atomic E-state index is -4.69. The van der Waals surface area contributed by atoms with Crippen LogP contribution in [0.5, 0.6) is 0 Å². The Morgan fingerprint density at radius 3 is 2.20 bits per heavy atom. The van der Waals surface area contributed by atoms with Crippen LogP contribution < -0.4 is 5.32 Å². The lowest BCUT2D eigenvalue weighted by Gasteiger charge is -2.16. The van der Waals surface area contributed by atoms with Crippen LogP contribution in [0.2, 0.25) is 0 Å². The molecule has 0 radical (unpaired) electrons. The first-order chi connectivity index (χ1) is 16.4. The topological polar surface area (TPSA) is 57.8 Å². The molecule has 0 atom stereocenters. The summed E-state index contributed by atoms with van der Waals surface area (Å²) in [7, 11) is 0. The number of anilines is 1. The zero-order valence-electron chi connectivity index (χ0n) is 18.1. The lowest BCUT2D eigenvalue weighted by Crippen LogP contribution is -2.10. The molecule has 35 heavy (non-hydrogen) atoms. The number of benzene rings is 3. The number of fused-ring (bicyclic) bond motifs is 1. The average molecular weight is 489 g/mol. The molecule has 0 unspecified atom stereocenters. The molecule has 0 aliphatic heterocycles. The number of alkyl halides is 6. The summed E-state index contributed by atoms with van der Waals surface area (Å²) >= 11 is 0. The van der Waals surface area contributed by atoms with Crippen LogP contribution in [-0.2, 0) is 17.1 Å². The highest BCUT2D eigenvalue weighted by Crippen LogP contribution is 2.41. The number of carbonyl (C=O) groups is 1. The standard InChI is InChI=1S/C25H17F6N3O/c1-14(35)32-20-5-3-2-4-17(20)18-12-21-22(13-19(18)25(29,30)31)34-23(33-21)11-8-15-6-9-16(10-7-15)24(26,27)28/h2-13H,1H3,(H,32,35)(H,33,34)/b11-8+. The van der Waals surface area contributed by atoms with E-state index >= 15 is 0 Å². The van der Waals surface area contributed by atoms with E-state index in [1.54, 1.807) is 12.1 Å². The number of hydrogen-bond acceptors (Lipinski definition) is 2. The lowest BCUT2D eigenvalue weighted by atomic mass is 9.97. The molecule has 0 saturated carbocycles. The highest BCUT2D eigenvalue weighted by Gasteiger charge is 2.35. The van der Waals surface area contributed by atoms with Crippen LogP contribution in [0.3, 0.4) is 0 Å². The van der Waals surface area contributed by atoms with E-state index in [-0.39, 0.29) is 33.7 Å². The van der Waals surface area contributed by atoms with Crippen molar-refractivity contribution in [2.45, 2.75) is 19.3 Å². The van der Waals surface area contributed by atoms with Crippen molar-refractivity contribution in [3.8, 4) is 11.1 Å². The SMILES string of the molecule is CC(=O)Nc1ccccc1-c1cc2nc(/C=C/c3ccc(C(F)(F)F)cc3)[nH]c2cc1C(F)(F)F. The number of rotatable bonds is 4. The maximum atomic E-state index is 13.9. The van der Waals surface area contributed by atoms with E-state index in [0.29, 0.717) is 5.56 Å². The second-order valence-corrected chi connectivity index (χ2v) is 7.71. The number of amides is 1. The van der Waals surface area contributed by atoms with Gasteiger partial charge < -0.3 is 10.3 Å². The summed E-state index contributed by atoms with van der Waals surface area (Å²) in [4.78, 5) is 18.6. The number of aromatic amines is 1. The average Bonchev–Trinajstić information content (AvgIpc) is 3.18. The highest BCUT2D eigenvalue weighted by molar-refractivity contribution is 5.96. The van der Waals surface area contributed by atoms with Gasteiger partial charge in [0, 0.05) is 18.2 Å². The molecule has 3 aromatic carbocycles. The van der Waals surface area contributed by atoms with Gasteiger partial charge in [0.1, 0.15) is 5.82 Å². The van der Waals surface area contributed by atoms with Gasteiger partial charge in [0.15, 0.2) is 0 Å². The zero-order valence-corrected chi connectivity index (χ0v) is 18.1. The minimum absolute atomic E-state index is 0.130. The molecule has 0 aliphatic rings. The fourth-order valence-electron chi connectivity index (χ4n) is 3.59. The summed E-state index contributed by atoms with van der Waals surface area (Å²) in [6.07, 6.45) is -6.18. The van der Waals surface area contributed by atoms with Crippen LogP contribution in [0.25, 0.3) is 34.3 Å². The normalized spacial score (nSPS) is 12.4. The largest absolute Gasteiger partial charge is 0.417 e. The number of imidazole rings is 1. The van der Waals surface area contributed by atoms with Gasteiger partial charge in [-0.3, -0.25) is 4.79 Å². The van der Waals surface area contributed by atoms with E-state index < -0.39 is 29.4 Å². The van der Waals surface area contributed by atoms with Crippen molar-refractivity contribution in [1.82, 2.24) is 9.97 Å². The minimum Gasteiger partial charge on any atom is -0.338 e. The highest BCUT2D eigenvalue weighted by atomic mass is 19.4. The summed E-state index contributed by atoms with van der Waals surface area (Å²) in [5, 5.41) is 2.54. The molecule has 0 saturated heterocycles. The Bertz CT molecular complexity index is 1420. The van der Waals surface area contributed by atoms with Crippen molar-refractivity contribution in [3.63, 3.8) is 0 Å². The van der Waals surface area contributed by atoms with Gasteiger partial charge in [-0.1, -0.05) is 36.4 Å². The number of nitrogens with one attached hydrogen (secondary N) is 2. The lowest BCUT2D eigenvalue weighted by molar-refractivity contribution is -0.138. The van der Waals surface area contributed by atoms with Crippen molar-refractivity contribution >= 4 is 34.8 Å².